The minimum atomic E-state index is -3.86. The Kier molecular flexibility index (Phi) is 11.3. The van der Waals surface area contributed by atoms with E-state index in [1.807, 2.05) is 0 Å². The summed E-state index contributed by atoms with van der Waals surface area (Å²) in [5, 5.41) is 14.7. The molecule has 4 aliphatic rings. The van der Waals surface area contributed by atoms with Crippen molar-refractivity contribution in [2.75, 3.05) is 13.1 Å². The maximum absolute atomic E-state index is 16.4. The van der Waals surface area contributed by atoms with Crippen LogP contribution in [0.1, 0.15) is 102 Å². The number of nitrogens with zero attached hydrogens (tertiary/aromatic N) is 2. The molecule has 1 aromatic rings. The molecule has 2 saturated carbocycles. The summed E-state index contributed by atoms with van der Waals surface area (Å²) >= 11 is 0. The van der Waals surface area contributed by atoms with Gasteiger partial charge in [0.05, 0.1) is 17.8 Å². The first-order valence-corrected chi connectivity index (χ1v) is 19.5. The van der Waals surface area contributed by atoms with Crippen LogP contribution in [0, 0.1) is 11.7 Å². The van der Waals surface area contributed by atoms with Crippen molar-refractivity contribution in [1.29, 1.82) is 0 Å². The molecule has 0 radical (unpaired) electrons. The lowest BCUT2D eigenvalue weighted by Gasteiger charge is -2.27. The number of ketones is 2. The lowest BCUT2D eigenvalue weighted by molar-refractivity contribution is -0.126. The maximum Gasteiger partial charge on any atom is 0.408 e. The Morgan fingerprint density at radius 3 is 2.35 bits per heavy atom. The predicted molar refractivity (Wildman–Crippen MR) is 193 cm³/mol. The molecule has 0 spiro atoms. The number of Topliss-reactive ketones (excluding diaryl/α,β-unsaturated/α-hetero) is 1. The predicted octanol–water partition coefficient (Wildman–Crippen LogP) is 4.19. The first-order chi connectivity index (χ1) is 25.2. The molecule has 15 nitrogen and oxygen atoms in total. The topological polar surface area (TPSA) is 209 Å². The number of sulfonamides is 1. The number of carboxylic acid groups (broad SMARTS) is 1. The van der Waals surface area contributed by atoms with Crippen molar-refractivity contribution < 1.29 is 51.4 Å². The molecule has 5 atom stereocenters. The average Bonchev–Trinajstić information content (AvgIpc) is 3.95. The third kappa shape index (κ3) is 8.77. The minimum absolute atomic E-state index is 0.0212. The third-order valence-corrected chi connectivity index (χ3v) is 11.9. The first kappa shape index (κ1) is 40.4. The molecule has 54 heavy (non-hydrogen) atoms. The second-order valence-electron chi connectivity index (χ2n) is 15.7. The van der Waals surface area contributed by atoms with Gasteiger partial charge < -0.3 is 25.4 Å². The molecule has 5 rings (SSSR count). The highest BCUT2D eigenvalue weighted by Gasteiger charge is 2.61. The minimum Gasteiger partial charge on any atom is -0.465 e. The molecular weight excluding hydrogens is 725 g/mol. The van der Waals surface area contributed by atoms with Gasteiger partial charge in [0.25, 0.3) is 5.91 Å². The molecule has 1 aromatic carbocycles. The molecule has 0 bridgehead atoms. The number of fused-ring (bicyclic) bond motifs is 1. The number of halogens is 1. The Morgan fingerprint density at radius 2 is 1.78 bits per heavy atom. The normalized spacial score (nSPS) is 23.8. The SMILES string of the molecule is C=CC1CC1(NC(=O)N1CCC(c2ccc3c(c2F)CN(C(=O)O)C3C(=O)[C@H](CCC(=O)C=C(C)C)NC(=O)OC(C)(C)C)C1)C(=O)NS(=O)(=O)C1CC1. The number of carbonyl (C=O) groups is 6. The van der Waals surface area contributed by atoms with Crippen molar-refractivity contribution in [2.24, 2.45) is 5.92 Å². The molecule has 2 aliphatic heterocycles. The number of carbonyl (C=O) groups excluding carboxylic acids is 5. The lowest BCUT2D eigenvalue weighted by atomic mass is 9.90. The largest absolute Gasteiger partial charge is 0.465 e. The van der Waals surface area contributed by atoms with Gasteiger partial charge in [-0.25, -0.2) is 27.2 Å². The van der Waals surface area contributed by atoms with Crippen LogP contribution in [0.4, 0.5) is 18.8 Å². The van der Waals surface area contributed by atoms with Crippen molar-refractivity contribution >= 4 is 45.7 Å². The molecule has 3 fully saturated rings. The number of allylic oxidation sites excluding steroid dienone is 2. The maximum atomic E-state index is 16.4. The molecule has 2 heterocycles. The Balaban J connectivity index is 1.33. The fraction of sp³-hybridized carbons (Fsp3) is 0.568. The highest BCUT2D eigenvalue weighted by atomic mass is 32.2. The Labute approximate surface area is 313 Å². The van der Waals surface area contributed by atoms with Crippen LogP contribution in [0.3, 0.4) is 0 Å². The van der Waals surface area contributed by atoms with Crippen molar-refractivity contribution in [1.82, 2.24) is 25.2 Å². The third-order valence-electron chi connectivity index (χ3n) is 10.1. The zero-order valence-electron chi connectivity index (χ0n) is 31.1. The summed E-state index contributed by atoms with van der Waals surface area (Å²) in [7, 11) is -3.86. The monoisotopic (exact) mass is 773 g/mol. The van der Waals surface area contributed by atoms with E-state index < -0.39 is 92.6 Å². The highest BCUT2D eigenvalue weighted by Crippen LogP contribution is 2.46. The molecule has 2 aliphatic carbocycles. The van der Waals surface area contributed by atoms with Gasteiger partial charge in [0, 0.05) is 36.9 Å². The van der Waals surface area contributed by atoms with Crippen LogP contribution in [0.5, 0.6) is 0 Å². The van der Waals surface area contributed by atoms with Crippen LogP contribution in [-0.4, -0.2) is 94.5 Å². The van der Waals surface area contributed by atoms with Gasteiger partial charge in [0.1, 0.15) is 23.0 Å². The number of rotatable bonds is 13. The fourth-order valence-electron chi connectivity index (χ4n) is 7.09. The van der Waals surface area contributed by atoms with Crippen LogP contribution >= 0.6 is 0 Å². The van der Waals surface area contributed by atoms with Gasteiger partial charge in [-0.2, -0.15) is 0 Å². The summed E-state index contributed by atoms with van der Waals surface area (Å²) in [5.74, 6) is -3.62. The van der Waals surface area contributed by atoms with E-state index in [9.17, 15) is 42.3 Å². The van der Waals surface area contributed by atoms with Crippen LogP contribution in [0.25, 0.3) is 0 Å². The molecular formula is C37H48FN5O10S. The highest BCUT2D eigenvalue weighted by molar-refractivity contribution is 7.91. The number of nitrogens with one attached hydrogen (secondary N) is 3. The zero-order chi connectivity index (χ0) is 39.9. The van der Waals surface area contributed by atoms with Crippen molar-refractivity contribution in [3.05, 3.63) is 58.9 Å². The number of amides is 5. The molecule has 4 N–H and O–H groups in total. The molecule has 0 aromatic heterocycles. The smallest absolute Gasteiger partial charge is 0.408 e. The Morgan fingerprint density at radius 1 is 1.11 bits per heavy atom. The quantitative estimate of drug-likeness (QED) is 0.166. The molecule has 1 saturated heterocycles. The second-order valence-corrected chi connectivity index (χ2v) is 17.7. The van der Waals surface area contributed by atoms with Crippen molar-refractivity contribution in [2.45, 2.75) is 114 Å². The van der Waals surface area contributed by atoms with Gasteiger partial charge >= 0.3 is 18.2 Å². The fourth-order valence-corrected chi connectivity index (χ4v) is 8.46. The standard InChI is InChI=1S/C37H48FN5O10S/c1-7-22-17-37(22,32(46)41-54(51,52)24-9-10-24)40-33(47)42-15-14-21(18-42)25-11-12-26-27(29(25)38)19-43(35(49)50)30(26)31(45)28(13-8-23(44)16-20(2)3)39-34(48)53-36(4,5)6/h7,11-12,16,21-22,24,28,30H,1,8-10,13-15,17-19H2,2-6H3,(H,39,48)(H,40,47)(H,41,46)(H,49,50)/t21?,22?,28-,30?,37?/m0/s1. The van der Waals surface area contributed by atoms with Crippen LogP contribution in [0.15, 0.2) is 36.4 Å². The van der Waals surface area contributed by atoms with E-state index in [0.717, 1.165) is 10.5 Å². The Hall–Kier alpha value is -4.80. The van der Waals surface area contributed by atoms with Gasteiger partial charge in [-0.1, -0.05) is 23.8 Å². The van der Waals surface area contributed by atoms with E-state index in [2.05, 4.69) is 21.9 Å². The van der Waals surface area contributed by atoms with E-state index in [4.69, 9.17) is 4.74 Å². The van der Waals surface area contributed by atoms with E-state index in [0.29, 0.717) is 19.3 Å². The summed E-state index contributed by atoms with van der Waals surface area (Å²) in [6.45, 7) is 11.8. The van der Waals surface area contributed by atoms with E-state index >= 15 is 4.39 Å². The summed E-state index contributed by atoms with van der Waals surface area (Å²) in [6, 6.07) is -0.542. The molecule has 4 unspecified atom stereocenters. The average molecular weight is 774 g/mol. The van der Waals surface area contributed by atoms with Gasteiger partial charge in [-0.05, 0) is 83.9 Å². The number of ether oxygens (including phenoxy) is 1. The van der Waals surface area contributed by atoms with Crippen LogP contribution in [0.2, 0.25) is 0 Å². The van der Waals surface area contributed by atoms with Crippen molar-refractivity contribution in [3.63, 3.8) is 0 Å². The van der Waals surface area contributed by atoms with Gasteiger partial charge in [-0.3, -0.25) is 24.0 Å². The number of hydrogen-bond donors (Lipinski definition) is 4. The Bertz CT molecular complexity index is 1900. The summed E-state index contributed by atoms with van der Waals surface area (Å²) in [4.78, 5) is 80.5. The lowest BCUT2D eigenvalue weighted by Crippen LogP contribution is -2.55. The molecule has 5 amide bonds. The van der Waals surface area contributed by atoms with Gasteiger partial charge in [-0.15, -0.1) is 6.58 Å². The van der Waals surface area contributed by atoms with Gasteiger partial charge in [0.15, 0.2) is 11.6 Å². The van der Waals surface area contributed by atoms with E-state index in [-0.39, 0.29) is 54.8 Å². The van der Waals surface area contributed by atoms with Gasteiger partial charge in [0.2, 0.25) is 10.0 Å². The second kappa shape index (κ2) is 15.1. The number of urea groups is 1. The number of benzene rings is 1. The molecule has 294 valence electrons. The molecule has 17 heteroatoms. The summed E-state index contributed by atoms with van der Waals surface area (Å²) < 4.78 is 48.7. The van der Waals surface area contributed by atoms with Crippen LogP contribution < -0.4 is 15.4 Å². The van der Waals surface area contributed by atoms with Crippen LogP contribution in [-0.2, 0) is 35.7 Å². The number of alkyl carbamates (subject to hydrolysis) is 1. The number of hydrogen-bond acceptors (Lipinski definition) is 9. The van der Waals surface area contributed by atoms with E-state index in [1.54, 1.807) is 34.6 Å². The summed E-state index contributed by atoms with van der Waals surface area (Å²) in [6.07, 6.45) is 1.56. The summed E-state index contributed by atoms with van der Waals surface area (Å²) in [5.41, 5.74) is -1.38. The number of likely N-dealkylation sites (tertiary alicyclic amines) is 1. The van der Waals surface area contributed by atoms with E-state index in [1.165, 1.54) is 29.2 Å². The zero-order valence-corrected chi connectivity index (χ0v) is 31.9. The first-order valence-electron chi connectivity index (χ1n) is 17.9. The van der Waals surface area contributed by atoms with Crippen molar-refractivity contribution in [3.8, 4) is 0 Å².